The molecule has 0 unspecified atom stereocenters. The first-order chi connectivity index (χ1) is 13.3. The quantitative estimate of drug-likeness (QED) is 0.379. The lowest BCUT2D eigenvalue weighted by Crippen LogP contribution is -2.15. The van der Waals surface area contributed by atoms with Crippen molar-refractivity contribution in [3.8, 4) is 11.1 Å². The molecule has 0 N–H and O–H groups in total. The van der Waals surface area contributed by atoms with Crippen LogP contribution in [0.3, 0.4) is 0 Å². The van der Waals surface area contributed by atoms with Crippen LogP contribution in [0.4, 0.5) is 13.2 Å². The number of pyridine rings is 1. The van der Waals surface area contributed by atoms with E-state index in [4.69, 9.17) is 23.2 Å². The highest BCUT2D eigenvalue weighted by molar-refractivity contribution is 6.33. The van der Waals surface area contributed by atoms with Crippen LogP contribution in [0.25, 0.3) is 22.2 Å². The third-order valence-corrected chi connectivity index (χ3v) is 4.96. The Morgan fingerprint density at radius 3 is 2.36 bits per heavy atom. The van der Waals surface area contributed by atoms with Gasteiger partial charge < -0.3 is 4.57 Å². The molecular formula is C20H12Cl2F3N3. The molecule has 0 saturated carbocycles. The van der Waals surface area contributed by atoms with Crippen molar-refractivity contribution in [1.82, 2.24) is 14.5 Å². The van der Waals surface area contributed by atoms with Gasteiger partial charge in [0.2, 0.25) is 5.82 Å². The van der Waals surface area contributed by atoms with Gasteiger partial charge in [0.15, 0.2) is 0 Å². The molecule has 0 aliphatic carbocycles. The Morgan fingerprint density at radius 2 is 1.64 bits per heavy atom. The van der Waals surface area contributed by atoms with E-state index >= 15 is 0 Å². The van der Waals surface area contributed by atoms with Gasteiger partial charge in [-0.1, -0.05) is 29.3 Å². The zero-order valence-electron chi connectivity index (χ0n) is 14.2. The summed E-state index contributed by atoms with van der Waals surface area (Å²) in [5.74, 6) is -0.981. The zero-order valence-corrected chi connectivity index (χ0v) is 15.7. The molecule has 0 spiro atoms. The number of aromatic nitrogens is 3. The summed E-state index contributed by atoms with van der Waals surface area (Å²) >= 11 is 12.2. The monoisotopic (exact) mass is 421 g/mol. The van der Waals surface area contributed by atoms with Crippen LogP contribution in [0.15, 0.2) is 60.9 Å². The fourth-order valence-corrected chi connectivity index (χ4v) is 3.43. The molecule has 0 saturated heterocycles. The normalized spacial score (nSPS) is 11.9. The van der Waals surface area contributed by atoms with Crippen molar-refractivity contribution in [2.24, 2.45) is 0 Å². The molecule has 0 amide bonds. The van der Waals surface area contributed by atoms with Crippen LogP contribution in [0.1, 0.15) is 11.4 Å². The number of nitrogens with zero attached hydrogens (tertiary/aromatic N) is 3. The summed E-state index contributed by atoms with van der Waals surface area (Å²) in [7, 11) is 0. The van der Waals surface area contributed by atoms with Gasteiger partial charge >= 0.3 is 6.18 Å². The van der Waals surface area contributed by atoms with Crippen LogP contribution in [0.5, 0.6) is 0 Å². The van der Waals surface area contributed by atoms with E-state index in [2.05, 4.69) is 9.97 Å². The molecule has 2 heterocycles. The van der Waals surface area contributed by atoms with Crippen molar-refractivity contribution in [3.63, 3.8) is 0 Å². The smallest absolute Gasteiger partial charge is 0.316 e. The third kappa shape index (κ3) is 3.57. The molecular weight excluding hydrogens is 410 g/mol. The molecule has 0 atom stereocenters. The molecule has 4 aromatic rings. The maximum atomic E-state index is 13.6. The van der Waals surface area contributed by atoms with Crippen molar-refractivity contribution in [1.29, 1.82) is 0 Å². The summed E-state index contributed by atoms with van der Waals surface area (Å²) in [6, 6.07) is 13.3. The molecule has 142 valence electrons. The average Bonchev–Trinajstić information content (AvgIpc) is 3.04. The lowest BCUT2D eigenvalue weighted by atomic mass is 10.1. The second-order valence-corrected chi connectivity index (χ2v) is 7.04. The molecule has 0 radical (unpaired) electrons. The highest BCUT2D eigenvalue weighted by atomic mass is 35.5. The average molecular weight is 422 g/mol. The number of imidazole rings is 1. The van der Waals surface area contributed by atoms with E-state index in [9.17, 15) is 13.2 Å². The summed E-state index contributed by atoms with van der Waals surface area (Å²) in [5.41, 5.74) is 2.70. The second kappa shape index (κ2) is 7.11. The number of halogens is 5. The van der Waals surface area contributed by atoms with E-state index in [1.807, 2.05) is 0 Å². The number of hydrogen-bond acceptors (Lipinski definition) is 2. The minimum atomic E-state index is -4.61. The van der Waals surface area contributed by atoms with E-state index in [0.717, 1.165) is 15.7 Å². The predicted octanol–water partition coefficient (Wildman–Crippen LogP) is 6.47. The summed E-state index contributed by atoms with van der Waals surface area (Å²) < 4.78 is 42.0. The Balaban J connectivity index is 1.91. The maximum absolute atomic E-state index is 13.6. The van der Waals surface area contributed by atoms with Crippen molar-refractivity contribution in [3.05, 3.63) is 82.4 Å². The fraction of sp³-hybridized carbons (Fsp3) is 0.100. The van der Waals surface area contributed by atoms with E-state index in [1.54, 1.807) is 60.9 Å². The maximum Gasteiger partial charge on any atom is 0.449 e. The van der Waals surface area contributed by atoms with Crippen LogP contribution < -0.4 is 0 Å². The van der Waals surface area contributed by atoms with Gasteiger partial charge in [-0.05, 0) is 59.2 Å². The molecule has 0 bridgehead atoms. The Labute approximate surface area is 168 Å². The third-order valence-electron chi connectivity index (χ3n) is 4.35. The van der Waals surface area contributed by atoms with Crippen LogP contribution in [0.2, 0.25) is 10.0 Å². The number of alkyl halides is 3. The van der Waals surface area contributed by atoms with Crippen LogP contribution in [-0.2, 0) is 12.7 Å². The number of rotatable bonds is 3. The van der Waals surface area contributed by atoms with Crippen LogP contribution in [0, 0.1) is 0 Å². The fourth-order valence-electron chi connectivity index (χ4n) is 3.06. The molecule has 3 nitrogen and oxygen atoms in total. The van der Waals surface area contributed by atoms with Gasteiger partial charge in [0.1, 0.15) is 0 Å². The summed E-state index contributed by atoms with van der Waals surface area (Å²) in [5, 5.41) is 0.736. The Bertz CT molecular complexity index is 1150. The van der Waals surface area contributed by atoms with Crippen LogP contribution >= 0.6 is 23.2 Å². The molecule has 0 fully saturated rings. The first-order valence-electron chi connectivity index (χ1n) is 8.25. The standard InChI is InChI=1S/C20H12Cl2F3N3/c21-15-2-3-16(22)14(9-15)11-28-18-10-13(12-5-7-26-8-6-12)1-4-17(18)27-19(28)20(23,24)25/h1-10H,11H2. The first kappa shape index (κ1) is 18.8. The van der Waals surface area contributed by atoms with Gasteiger partial charge in [-0.2, -0.15) is 13.2 Å². The molecule has 4 rings (SSSR count). The summed E-state index contributed by atoms with van der Waals surface area (Å²) in [4.78, 5) is 7.78. The number of hydrogen-bond donors (Lipinski definition) is 0. The van der Waals surface area contributed by atoms with Gasteiger partial charge in [-0.15, -0.1) is 0 Å². The number of benzene rings is 2. The van der Waals surface area contributed by atoms with E-state index in [0.29, 0.717) is 21.1 Å². The van der Waals surface area contributed by atoms with Gasteiger partial charge in [0.05, 0.1) is 17.6 Å². The Hall–Kier alpha value is -2.57. The van der Waals surface area contributed by atoms with Gasteiger partial charge in [-0.3, -0.25) is 4.98 Å². The first-order valence-corrected chi connectivity index (χ1v) is 9.00. The highest BCUT2D eigenvalue weighted by Crippen LogP contribution is 2.34. The van der Waals surface area contributed by atoms with Crippen molar-refractivity contribution in [2.75, 3.05) is 0 Å². The molecule has 8 heteroatoms. The lowest BCUT2D eigenvalue weighted by molar-refractivity contribution is -0.146. The Morgan fingerprint density at radius 1 is 0.893 bits per heavy atom. The molecule has 2 aromatic heterocycles. The van der Waals surface area contributed by atoms with E-state index in [1.165, 1.54) is 0 Å². The van der Waals surface area contributed by atoms with Crippen molar-refractivity contribution < 1.29 is 13.2 Å². The van der Waals surface area contributed by atoms with Crippen molar-refractivity contribution in [2.45, 2.75) is 12.7 Å². The SMILES string of the molecule is FC(F)(F)c1nc2ccc(-c3ccncc3)cc2n1Cc1cc(Cl)ccc1Cl. The Kier molecular flexibility index (Phi) is 4.77. The molecule has 28 heavy (non-hydrogen) atoms. The zero-order chi connectivity index (χ0) is 19.9. The van der Waals surface area contributed by atoms with E-state index < -0.39 is 12.0 Å². The second-order valence-electron chi connectivity index (χ2n) is 6.19. The highest BCUT2D eigenvalue weighted by Gasteiger charge is 2.37. The number of fused-ring (bicyclic) bond motifs is 1. The summed E-state index contributed by atoms with van der Waals surface area (Å²) in [6.45, 7) is -0.107. The lowest BCUT2D eigenvalue weighted by Gasteiger charge is -2.13. The minimum Gasteiger partial charge on any atom is -0.316 e. The molecule has 0 aliphatic heterocycles. The van der Waals surface area contributed by atoms with Gasteiger partial charge in [-0.25, -0.2) is 4.98 Å². The minimum absolute atomic E-state index is 0.107. The molecule has 0 aliphatic rings. The molecule has 2 aromatic carbocycles. The topological polar surface area (TPSA) is 30.7 Å². The van der Waals surface area contributed by atoms with E-state index in [-0.39, 0.29) is 12.1 Å². The van der Waals surface area contributed by atoms with Crippen molar-refractivity contribution >= 4 is 34.2 Å². The van der Waals surface area contributed by atoms with Crippen LogP contribution in [-0.4, -0.2) is 14.5 Å². The summed E-state index contributed by atoms with van der Waals surface area (Å²) in [6.07, 6.45) is -1.35. The predicted molar refractivity (Wildman–Crippen MR) is 104 cm³/mol. The largest absolute Gasteiger partial charge is 0.449 e. The van der Waals surface area contributed by atoms with Gasteiger partial charge in [0, 0.05) is 22.4 Å². The van der Waals surface area contributed by atoms with Gasteiger partial charge in [0.25, 0.3) is 0 Å².